The van der Waals surface area contributed by atoms with E-state index in [1.165, 1.54) is 12.8 Å². The van der Waals surface area contributed by atoms with Crippen molar-refractivity contribution in [3.8, 4) is 0 Å². The van der Waals surface area contributed by atoms with Crippen molar-refractivity contribution in [1.82, 2.24) is 5.32 Å². The molecule has 0 spiro atoms. The van der Waals surface area contributed by atoms with Gasteiger partial charge < -0.3 is 5.32 Å². The monoisotopic (exact) mass is 277 g/mol. The first-order valence-corrected chi connectivity index (χ1v) is 6.58. The summed E-state index contributed by atoms with van der Waals surface area (Å²) in [4.78, 5) is 0. The van der Waals surface area contributed by atoms with Gasteiger partial charge in [0, 0.05) is 23.2 Å². The fraction of sp³-hybridized carbons (Fsp3) is 0.500. The Hall–Kier alpha value is 0.0500. The lowest BCUT2D eigenvalue weighted by Crippen LogP contribution is -2.27. The fourth-order valence-corrected chi connectivity index (χ4v) is 2.44. The molecule has 1 unspecified atom stereocenters. The van der Waals surface area contributed by atoms with E-state index in [0.717, 1.165) is 11.5 Å². The standard InChI is InChI=1S/C12H14Cl3N/c1-7(8-2-3-8)16-6-9-10(13)4-5-11(14)12(9)15/h4-5,7-8,16H,2-3,6H2,1H3. The number of hydrogen-bond donors (Lipinski definition) is 1. The number of hydrogen-bond acceptors (Lipinski definition) is 1. The van der Waals surface area contributed by atoms with E-state index in [2.05, 4.69) is 12.2 Å². The molecule has 0 radical (unpaired) electrons. The minimum atomic E-state index is 0.520. The van der Waals surface area contributed by atoms with Crippen LogP contribution in [0, 0.1) is 5.92 Å². The van der Waals surface area contributed by atoms with Crippen molar-refractivity contribution in [2.24, 2.45) is 5.92 Å². The Bertz CT molecular complexity index is 388. The summed E-state index contributed by atoms with van der Waals surface area (Å²) in [6.45, 7) is 2.87. The Morgan fingerprint density at radius 2 is 1.88 bits per heavy atom. The highest BCUT2D eigenvalue weighted by atomic mass is 35.5. The van der Waals surface area contributed by atoms with Crippen LogP contribution in [-0.4, -0.2) is 6.04 Å². The first-order valence-electron chi connectivity index (χ1n) is 5.45. The van der Waals surface area contributed by atoms with Gasteiger partial charge in [0.25, 0.3) is 0 Å². The Morgan fingerprint density at radius 3 is 2.50 bits per heavy atom. The number of rotatable bonds is 4. The summed E-state index contributed by atoms with van der Waals surface area (Å²) >= 11 is 18.2. The Labute approximate surface area is 111 Å². The van der Waals surface area contributed by atoms with Gasteiger partial charge in [0.1, 0.15) is 0 Å². The maximum atomic E-state index is 6.12. The van der Waals surface area contributed by atoms with Crippen LogP contribution in [0.25, 0.3) is 0 Å². The maximum absolute atomic E-state index is 6.12. The van der Waals surface area contributed by atoms with Gasteiger partial charge in [0.05, 0.1) is 10.0 Å². The molecule has 0 aromatic heterocycles. The van der Waals surface area contributed by atoms with Crippen molar-refractivity contribution >= 4 is 34.8 Å². The van der Waals surface area contributed by atoms with Gasteiger partial charge in [-0.2, -0.15) is 0 Å². The van der Waals surface area contributed by atoms with Crippen LogP contribution < -0.4 is 5.32 Å². The average molecular weight is 279 g/mol. The summed E-state index contributed by atoms with van der Waals surface area (Å²) in [5.41, 5.74) is 0.892. The third kappa shape index (κ3) is 2.84. The molecule has 0 bridgehead atoms. The largest absolute Gasteiger partial charge is 0.310 e. The maximum Gasteiger partial charge on any atom is 0.0652 e. The first-order chi connectivity index (χ1) is 7.59. The van der Waals surface area contributed by atoms with Crippen molar-refractivity contribution in [3.05, 3.63) is 32.8 Å². The third-order valence-corrected chi connectivity index (χ3v) is 4.27. The van der Waals surface area contributed by atoms with Gasteiger partial charge in [-0.1, -0.05) is 34.8 Å². The molecule has 16 heavy (non-hydrogen) atoms. The number of halogens is 3. The van der Waals surface area contributed by atoms with Crippen LogP contribution in [0.15, 0.2) is 12.1 Å². The zero-order valence-electron chi connectivity index (χ0n) is 9.06. The molecule has 1 nitrogen and oxygen atoms in total. The smallest absolute Gasteiger partial charge is 0.0652 e. The number of benzene rings is 1. The van der Waals surface area contributed by atoms with E-state index in [1.807, 2.05) is 0 Å². The lowest BCUT2D eigenvalue weighted by molar-refractivity contribution is 0.496. The van der Waals surface area contributed by atoms with E-state index < -0.39 is 0 Å². The molecule has 1 N–H and O–H groups in total. The Kier molecular flexibility index (Phi) is 4.01. The second-order valence-corrected chi connectivity index (χ2v) is 5.52. The quantitative estimate of drug-likeness (QED) is 0.798. The molecule has 2 rings (SSSR count). The summed E-state index contributed by atoms with van der Waals surface area (Å²) in [5.74, 6) is 0.816. The van der Waals surface area contributed by atoms with Crippen molar-refractivity contribution in [1.29, 1.82) is 0 Å². The summed E-state index contributed by atoms with van der Waals surface area (Å²) < 4.78 is 0. The molecule has 1 fully saturated rings. The van der Waals surface area contributed by atoms with Crippen LogP contribution in [0.3, 0.4) is 0 Å². The van der Waals surface area contributed by atoms with E-state index in [-0.39, 0.29) is 0 Å². The molecule has 1 aromatic rings. The second-order valence-electron chi connectivity index (χ2n) is 4.33. The van der Waals surface area contributed by atoms with Crippen LogP contribution in [-0.2, 0) is 6.54 Å². The molecule has 1 aliphatic carbocycles. The molecule has 0 amide bonds. The predicted octanol–water partition coefficient (Wildman–Crippen LogP) is 4.53. The van der Waals surface area contributed by atoms with Gasteiger partial charge in [-0.15, -0.1) is 0 Å². The molecular formula is C12H14Cl3N. The van der Waals surface area contributed by atoms with Gasteiger partial charge in [-0.3, -0.25) is 0 Å². The highest BCUT2D eigenvalue weighted by molar-refractivity contribution is 6.44. The van der Waals surface area contributed by atoms with Crippen LogP contribution in [0.2, 0.25) is 15.1 Å². The average Bonchev–Trinajstić information content (AvgIpc) is 3.07. The van der Waals surface area contributed by atoms with E-state index >= 15 is 0 Å². The lowest BCUT2D eigenvalue weighted by Gasteiger charge is -2.15. The van der Waals surface area contributed by atoms with Crippen LogP contribution in [0.1, 0.15) is 25.3 Å². The molecule has 1 aromatic carbocycles. The van der Waals surface area contributed by atoms with Crippen LogP contribution in [0.4, 0.5) is 0 Å². The topological polar surface area (TPSA) is 12.0 Å². The fourth-order valence-electron chi connectivity index (χ4n) is 1.76. The molecule has 1 atom stereocenters. The van der Waals surface area contributed by atoms with Gasteiger partial charge in [0.2, 0.25) is 0 Å². The number of nitrogens with one attached hydrogen (secondary N) is 1. The minimum Gasteiger partial charge on any atom is -0.310 e. The molecule has 1 saturated carbocycles. The van der Waals surface area contributed by atoms with E-state index in [4.69, 9.17) is 34.8 Å². The molecular weight excluding hydrogens is 264 g/mol. The lowest BCUT2D eigenvalue weighted by atomic mass is 10.1. The first kappa shape index (κ1) is 12.5. The summed E-state index contributed by atoms with van der Waals surface area (Å²) in [6, 6.07) is 4.03. The second kappa shape index (κ2) is 5.14. The van der Waals surface area contributed by atoms with E-state index in [9.17, 15) is 0 Å². The zero-order chi connectivity index (χ0) is 11.7. The van der Waals surface area contributed by atoms with Gasteiger partial charge in [0.15, 0.2) is 0 Å². The van der Waals surface area contributed by atoms with E-state index in [0.29, 0.717) is 27.7 Å². The van der Waals surface area contributed by atoms with Crippen LogP contribution in [0.5, 0.6) is 0 Å². The molecule has 0 heterocycles. The summed E-state index contributed by atoms with van der Waals surface area (Å²) in [5, 5.41) is 5.23. The molecule has 0 saturated heterocycles. The Morgan fingerprint density at radius 1 is 1.25 bits per heavy atom. The predicted molar refractivity (Wildman–Crippen MR) is 70.5 cm³/mol. The van der Waals surface area contributed by atoms with Crippen molar-refractivity contribution in [2.45, 2.75) is 32.4 Å². The SMILES string of the molecule is CC(NCc1c(Cl)ccc(Cl)c1Cl)C1CC1. The van der Waals surface area contributed by atoms with E-state index in [1.54, 1.807) is 12.1 Å². The molecule has 0 aliphatic heterocycles. The van der Waals surface area contributed by atoms with Gasteiger partial charge in [-0.25, -0.2) is 0 Å². The van der Waals surface area contributed by atoms with Crippen molar-refractivity contribution < 1.29 is 0 Å². The van der Waals surface area contributed by atoms with Gasteiger partial charge >= 0.3 is 0 Å². The Balaban J connectivity index is 2.05. The van der Waals surface area contributed by atoms with Crippen LogP contribution >= 0.6 is 34.8 Å². The van der Waals surface area contributed by atoms with Gasteiger partial charge in [-0.05, 0) is 37.8 Å². The highest BCUT2D eigenvalue weighted by Crippen LogP contribution is 2.34. The van der Waals surface area contributed by atoms with Crippen molar-refractivity contribution in [2.75, 3.05) is 0 Å². The molecule has 4 heteroatoms. The summed E-state index contributed by atoms with van der Waals surface area (Å²) in [6.07, 6.45) is 2.65. The normalized spacial score (nSPS) is 17.5. The highest BCUT2D eigenvalue weighted by Gasteiger charge is 2.27. The summed E-state index contributed by atoms with van der Waals surface area (Å²) in [7, 11) is 0. The minimum absolute atomic E-state index is 0.520. The molecule has 1 aliphatic rings. The zero-order valence-corrected chi connectivity index (χ0v) is 11.3. The molecule has 88 valence electrons. The van der Waals surface area contributed by atoms with Crippen molar-refractivity contribution in [3.63, 3.8) is 0 Å². The third-order valence-electron chi connectivity index (χ3n) is 3.07.